The van der Waals surface area contributed by atoms with Crippen LogP contribution in [0.25, 0.3) is 0 Å². The van der Waals surface area contributed by atoms with Crippen LogP contribution in [0.2, 0.25) is 0 Å². The van der Waals surface area contributed by atoms with E-state index in [1.165, 1.54) is 6.08 Å². The molecule has 0 saturated carbocycles. The Bertz CT molecular complexity index is 142. The first-order chi connectivity index (χ1) is 4.70. The third-order valence-corrected chi connectivity index (χ3v) is 1.21. The van der Waals surface area contributed by atoms with Gasteiger partial charge >= 0.3 is 10.5 Å². The van der Waals surface area contributed by atoms with E-state index in [0.29, 0.717) is 5.76 Å². The molecule has 0 aliphatic rings. The van der Waals surface area contributed by atoms with E-state index >= 15 is 0 Å². The number of rotatable bonds is 4. The Morgan fingerprint density at radius 1 is 1.80 bits per heavy atom. The van der Waals surface area contributed by atoms with Crippen LogP contribution in [0.3, 0.4) is 0 Å². The van der Waals surface area contributed by atoms with Gasteiger partial charge in [0.15, 0.2) is 5.78 Å². The summed E-state index contributed by atoms with van der Waals surface area (Å²) in [5, 5.41) is 8.32. The van der Waals surface area contributed by atoms with Gasteiger partial charge in [0, 0.05) is 12.5 Å². The smallest absolute Gasteiger partial charge is 0.340 e. The first-order valence-electron chi connectivity index (χ1n) is 2.86. The summed E-state index contributed by atoms with van der Waals surface area (Å²) in [6, 6.07) is 0. The first kappa shape index (κ1) is 9.39. The lowest BCUT2D eigenvalue weighted by Crippen LogP contribution is -1.98. The van der Waals surface area contributed by atoms with Crippen molar-refractivity contribution in [2.24, 2.45) is 0 Å². The number of ketones is 1. The van der Waals surface area contributed by atoms with Crippen LogP contribution in [0.4, 0.5) is 0 Å². The number of aliphatic hydroxyl groups excluding tert-OH is 1. The van der Waals surface area contributed by atoms with Gasteiger partial charge in [0.2, 0.25) is 0 Å². The zero-order chi connectivity index (χ0) is 7.98. The van der Waals surface area contributed by atoms with Gasteiger partial charge in [0.1, 0.15) is 0 Å². The Labute approximate surface area is 63.2 Å². The second-order valence-electron chi connectivity index (χ2n) is 1.80. The standard InChI is InChI=1S/C6H9O3Si/c1-5(9-10)4-6(8)2-3-7/h4,7H,2-3H2,1H3. The fourth-order valence-electron chi connectivity index (χ4n) is 0.439. The Hall–Kier alpha value is -0.613. The molecule has 0 aliphatic heterocycles. The van der Waals surface area contributed by atoms with Gasteiger partial charge in [-0.3, -0.25) is 4.79 Å². The molecule has 3 nitrogen and oxygen atoms in total. The third-order valence-electron chi connectivity index (χ3n) is 0.883. The maximum Gasteiger partial charge on any atom is 0.340 e. The third kappa shape index (κ3) is 4.28. The predicted molar refractivity (Wildman–Crippen MR) is 37.3 cm³/mol. The lowest BCUT2D eigenvalue weighted by Gasteiger charge is -1.96. The molecule has 0 rings (SSSR count). The van der Waals surface area contributed by atoms with Crippen LogP contribution < -0.4 is 0 Å². The zero-order valence-corrected chi connectivity index (χ0v) is 6.76. The normalized spacial score (nSPS) is 11.3. The van der Waals surface area contributed by atoms with Gasteiger partial charge in [0.05, 0.1) is 12.4 Å². The molecule has 4 heteroatoms. The predicted octanol–water partition coefficient (Wildman–Crippen LogP) is -0.0582. The second kappa shape index (κ2) is 5.19. The van der Waals surface area contributed by atoms with Crippen LogP contribution in [0.1, 0.15) is 13.3 Å². The number of carbonyl (C=O) groups is 1. The van der Waals surface area contributed by atoms with Crippen molar-refractivity contribution >= 4 is 16.3 Å². The van der Waals surface area contributed by atoms with E-state index in [-0.39, 0.29) is 18.8 Å². The van der Waals surface area contributed by atoms with Gasteiger partial charge in [-0.25, -0.2) is 0 Å². The van der Waals surface area contributed by atoms with Crippen LogP contribution in [-0.2, 0) is 9.22 Å². The van der Waals surface area contributed by atoms with Crippen LogP contribution in [0.5, 0.6) is 0 Å². The summed E-state index contributed by atoms with van der Waals surface area (Å²) < 4.78 is 4.53. The van der Waals surface area contributed by atoms with E-state index in [1.807, 2.05) is 0 Å². The van der Waals surface area contributed by atoms with E-state index in [0.717, 1.165) is 0 Å². The lowest BCUT2D eigenvalue weighted by atomic mass is 10.3. The molecule has 0 aromatic rings. The van der Waals surface area contributed by atoms with Crippen molar-refractivity contribution in [3.8, 4) is 0 Å². The van der Waals surface area contributed by atoms with Crippen molar-refractivity contribution in [3.05, 3.63) is 11.8 Å². The number of hydrogen-bond donors (Lipinski definition) is 1. The Morgan fingerprint density at radius 2 is 2.40 bits per heavy atom. The number of allylic oxidation sites excluding steroid dienone is 2. The van der Waals surface area contributed by atoms with Crippen molar-refractivity contribution in [1.29, 1.82) is 0 Å². The highest BCUT2D eigenvalue weighted by molar-refractivity contribution is 5.99. The molecule has 0 amide bonds. The van der Waals surface area contributed by atoms with E-state index in [9.17, 15) is 4.79 Å². The van der Waals surface area contributed by atoms with Crippen molar-refractivity contribution < 1.29 is 14.3 Å². The molecule has 0 aliphatic carbocycles. The van der Waals surface area contributed by atoms with E-state index < -0.39 is 0 Å². The van der Waals surface area contributed by atoms with Crippen molar-refractivity contribution in [2.75, 3.05) is 6.61 Å². The summed E-state index contributed by atoms with van der Waals surface area (Å²) in [6.45, 7) is 1.52. The molecule has 0 aromatic heterocycles. The summed E-state index contributed by atoms with van der Waals surface area (Å²) in [6.07, 6.45) is 1.47. The highest BCUT2D eigenvalue weighted by Crippen LogP contribution is 1.93. The summed E-state index contributed by atoms with van der Waals surface area (Å²) in [5.41, 5.74) is 0. The minimum absolute atomic E-state index is 0.121. The summed E-state index contributed by atoms with van der Waals surface area (Å²) in [7, 11) is 2.76. The number of carbonyl (C=O) groups excluding carboxylic acids is 1. The van der Waals surface area contributed by atoms with Crippen LogP contribution in [-0.4, -0.2) is 28.0 Å². The quantitative estimate of drug-likeness (QED) is 0.353. The van der Waals surface area contributed by atoms with Crippen LogP contribution in [0.15, 0.2) is 11.8 Å². The zero-order valence-electron chi connectivity index (χ0n) is 5.76. The minimum atomic E-state index is -0.141. The van der Waals surface area contributed by atoms with Gasteiger partial charge < -0.3 is 9.53 Å². The van der Waals surface area contributed by atoms with Crippen molar-refractivity contribution in [1.82, 2.24) is 0 Å². The van der Waals surface area contributed by atoms with E-state index in [2.05, 4.69) is 14.9 Å². The molecular formula is C6H9O3Si. The molecule has 10 heavy (non-hydrogen) atoms. The van der Waals surface area contributed by atoms with E-state index in [4.69, 9.17) is 5.11 Å². The summed E-state index contributed by atoms with van der Waals surface area (Å²) in [5.74, 6) is 0.341. The topological polar surface area (TPSA) is 46.5 Å². The molecule has 55 valence electrons. The maximum atomic E-state index is 10.7. The fourth-order valence-corrected chi connectivity index (χ4v) is 0.497. The van der Waals surface area contributed by atoms with Gasteiger partial charge in [-0.1, -0.05) is 0 Å². The fraction of sp³-hybridized carbons (Fsp3) is 0.500. The molecule has 3 radical (unpaired) electrons. The summed E-state index contributed by atoms with van der Waals surface area (Å²) in [4.78, 5) is 10.7. The lowest BCUT2D eigenvalue weighted by molar-refractivity contribution is -0.115. The van der Waals surface area contributed by atoms with Gasteiger partial charge in [0.25, 0.3) is 0 Å². The molecule has 0 unspecified atom stereocenters. The largest absolute Gasteiger partial charge is 0.544 e. The minimum Gasteiger partial charge on any atom is -0.544 e. The van der Waals surface area contributed by atoms with E-state index in [1.54, 1.807) is 6.92 Å². The highest BCUT2D eigenvalue weighted by atomic mass is 28.2. The Morgan fingerprint density at radius 3 is 2.80 bits per heavy atom. The highest BCUT2D eigenvalue weighted by Gasteiger charge is 1.95. The summed E-state index contributed by atoms with van der Waals surface area (Å²) >= 11 is 0. The number of aliphatic hydroxyl groups is 1. The average molecular weight is 157 g/mol. The average Bonchev–Trinajstić information content (AvgIpc) is 1.88. The molecular weight excluding hydrogens is 148 g/mol. The Kier molecular flexibility index (Phi) is 4.88. The number of hydrogen-bond acceptors (Lipinski definition) is 3. The molecule has 1 N–H and O–H groups in total. The van der Waals surface area contributed by atoms with Gasteiger partial charge in [-0.2, -0.15) is 0 Å². The Balaban J connectivity index is 3.75. The van der Waals surface area contributed by atoms with Crippen LogP contribution >= 0.6 is 0 Å². The molecule has 0 spiro atoms. The molecule has 0 saturated heterocycles. The monoisotopic (exact) mass is 157 g/mol. The molecule has 0 heterocycles. The SMILES string of the molecule is CC(=CC(=O)CCO)O[Si]. The maximum absolute atomic E-state index is 10.7. The molecule has 0 atom stereocenters. The van der Waals surface area contributed by atoms with Crippen LogP contribution in [0, 0.1) is 0 Å². The molecule has 0 aromatic carbocycles. The molecule has 0 bridgehead atoms. The van der Waals surface area contributed by atoms with Crippen molar-refractivity contribution in [2.45, 2.75) is 13.3 Å². The van der Waals surface area contributed by atoms with Gasteiger partial charge in [-0.15, -0.1) is 0 Å². The second-order valence-corrected chi connectivity index (χ2v) is 2.00. The molecule has 0 fully saturated rings. The van der Waals surface area contributed by atoms with Crippen molar-refractivity contribution in [3.63, 3.8) is 0 Å². The first-order valence-corrected chi connectivity index (χ1v) is 3.27. The van der Waals surface area contributed by atoms with Gasteiger partial charge in [-0.05, 0) is 6.92 Å².